The number of hydrogen-bond donors (Lipinski definition) is 0. The van der Waals surface area contributed by atoms with Crippen LogP contribution in [0.5, 0.6) is 5.75 Å². The first kappa shape index (κ1) is 18.2. The quantitative estimate of drug-likeness (QED) is 0.584. The third kappa shape index (κ3) is 4.92. The number of methoxy groups -OCH3 is 1. The summed E-state index contributed by atoms with van der Waals surface area (Å²) in [4.78, 5) is 0. The van der Waals surface area contributed by atoms with Gasteiger partial charge in [0.05, 0.1) is 7.11 Å². The Hall–Kier alpha value is -1.12. The molecule has 1 aliphatic rings. The van der Waals surface area contributed by atoms with E-state index in [2.05, 4.69) is 13.8 Å². The van der Waals surface area contributed by atoms with E-state index in [4.69, 9.17) is 4.74 Å². The summed E-state index contributed by atoms with van der Waals surface area (Å²) in [5, 5.41) is 0. The van der Waals surface area contributed by atoms with Crippen LogP contribution in [0.15, 0.2) is 12.1 Å². The van der Waals surface area contributed by atoms with Crippen molar-refractivity contribution in [1.29, 1.82) is 0 Å². The highest BCUT2D eigenvalue weighted by atomic mass is 19.1. The summed E-state index contributed by atoms with van der Waals surface area (Å²) in [6.07, 6.45) is 9.89. The van der Waals surface area contributed by atoms with Gasteiger partial charge >= 0.3 is 0 Å². The van der Waals surface area contributed by atoms with Crippen molar-refractivity contribution in [2.75, 3.05) is 7.11 Å². The molecule has 1 fully saturated rings. The van der Waals surface area contributed by atoms with Crippen LogP contribution in [0.2, 0.25) is 0 Å². The topological polar surface area (TPSA) is 9.23 Å². The molecule has 0 radical (unpaired) electrons. The monoisotopic (exact) mass is 324 g/mol. The maximum Gasteiger partial charge on any atom is 0.190 e. The molecule has 1 saturated carbocycles. The standard InChI is InChI=1S/C20H30F2O/c1-4-5-6-15-7-9-17(10-8-15)14(2)11-16-12-18(21)20(23-3)19(22)13-16/h12-15,17H,4-11H2,1-3H3. The molecule has 1 atom stereocenters. The predicted molar refractivity (Wildman–Crippen MR) is 90.8 cm³/mol. The maximum absolute atomic E-state index is 13.8. The third-order valence-electron chi connectivity index (χ3n) is 5.48. The zero-order valence-corrected chi connectivity index (χ0v) is 14.7. The molecule has 0 saturated heterocycles. The Bertz CT molecular complexity index is 469. The number of unbranched alkanes of at least 4 members (excludes halogenated alkanes) is 1. The minimum Gasteiger partial charge on any atom is -0.491 e. The van der Waals surface area contributed by atoms with Crippen LogP contribution in [0, 0.1) is 29.4 Å². The van der Waals surface area contributed by atoms with Crippen molar-refractivity contribution in [2.45, 2.75) is 65.2 Å². The van der Waals surface area contributed by atoms with E-state index >= 15 is 0 Å². The minimum absolute atomic E-state index is 0.280. The number of hydrogen-bond acceptors (Lipinski definition) is 1. The second-order valence-corrected chi connectivity index (χ2v) is 7.20. The van der Waals surface area contributed by atoms with Gasteiger partial charge in [0.2, 0.25) is 0 Å². The van der Waals surface area contributed by atoms with Gasteiger partial charge in [-0.25, -0.2) is 8.78 Å². The molecule has 0 heterocycles. The van der Waals surface area contributed by atoms with Gasteiger partial charge < -0.3 is 4.74 Å². The molecule has 23 heavy (non-hydrogen) atoms. The van der Waals surface area contributed by atoms with Crippen molar-refractivity contribution in [1.82, 2.24) is 0 Å². The van der Waals surface area contributed by atoms with Crippen LogP contribution in [0.4, 0.5) is 8.78 Å². The lowest BCUT2D eigenvalue weighted by molar-refractivity contribution is 0.204. The molecule has 3 heteroatoms. The normalized spacial score (nSPS) is 22.8. The summed E-state index contributed by atoms with van der Waals surface area (Å²) < 4.78 is 32.4. The van der Waals surface area contributed by atoms with E-state index in [1.807, 2.05) is 0 Å². The number of benzene rings is 1. The van der Waals surface area contributed by atoms with Gasteiger partial charge in [0.15, 0.2) is 17.4 Å². The number of halogens is 2. The Morgan fingerprint density at radius 3 is 2.26 bits per heavy atom. The molecule has 0 spiro atoms. The van der Waals surface area contributed by atoms with Crippen molar-refractivity contribution in [3.63, 3.8) is 0 Å². The average Bonchev–Trinajstić information content (AvgIpc) is 2.53. The summed E-state index contributed by atoms with van der Waals surface area (Å²) in [7, 11) is 1.29. The number of rotatable bonds is 7. The van der Waals surface area contributed by atoms with Crippen molar-refractivity contribution in [3.8, 4) is 5.75 Å². The Kier molecular flexibility index (Phi) is 6.86. The number of ether oxygens (including phenoxy) is 1. The summed E-state index contributed by atoms with van der Waals surface area (Å²) in [6.45, 7) is 4.47. The first-order valence-electron chi connectivity index (χ1n) is 9.07. The van der Waals surface area contributed by atoms with Gasteiger partial charge in [-0.15, -0.1) is 0 Å². The van der Waals surface area contributed by atoms with Gasteiger partial charge in [-0.2, -0.15) is 0 Å². The lowest BCUT2D eigenvalue weighted by Gasteiger charge is -2.32. The van der Waals surface area contributed by atoms with Crippen molar-refractivity contribution in [3.05, 3.63) is 29.3 Å². The molecular formula is C20H30F2O. The van der Waals surface area contributed by atoms with Gasteiger partial charge in [0.1, 0.15) is 0 Å². The predicted octanol–water partition coefficient (Wildman–Crippen LogP) is 6.15. The van der Waals surface area contributed by atoms with Gasteiger partial charge in [-0.3, -0.25) is 0 Å². The fourth-order valence-corrected chi connectivity index (χ4v) is 4.00. The zero-order valence-electron chi connectivity index (χ0n) is 14.7. The van der Waals surface area contributed by atoms with Gasteiger partial charge in [-0.1, -0.05) is 46.0 Å². The molecule has 1 aliphatic carbocycles. The van der Waals surface area contributed by atoms with Crippen molar-refractivity contribution < 1.29 is 13.5 Å². The molecule has 0 aliphatic heterocycles. The van der Waals surface area contributed by atoms with Gasteiger partial charge in [0, 0.05) is 0 Å². The fraction of sp³-hybridized carbons (Fsp3) is 0.700. The van der Waals surface area contributed by atoms with Gasteiger partial charge in [0.25, 0.3) is 0 Å². The summed E-state index contributed by atoms with van der Waals surface area (Å²) in [5.74, 6) is 0.568. The highest BCUT2D eigenvalue weighted by Crippen LogP contribution is 2.37. The fourth-order valence-electron chi connectivity index (χ4n) is 4.00. The summed E-state index contributed by atoms with van der Waals surface area (Å²) >= 11 is 0. The molecule has 0 aromatic heterocycles. The van der Waals surface area contributed by atoms with Crippen LogP contribution in [0.25, 0.3) is 0 Å². The average molecular weight is 324 g/mol. The SMILES string of the molecule is CCCCC1CCC(C(C)Cc2cc(F)c(OC)c(F)c2)CC1. The van der Waals surface area contributed by atoms with Crippen LogP contribution >= 0.6 is 0 Å². The van der Waals surface area contributed by atoms with E-state index in [9.17, 15) is 8.78 Å². The molecule has 1 unspecified atom stereocenters. The second kappa shape index (κ2) is 8.65. The Morgan fingerprint density at radius 2 is 1.74 bits per heavy atom. The molecule has 130 valence electrons. The van der Waals surface area contributed by atoms with Crippen molar-refractivity contribution >= 4 is 0 Å². The van der Waals surface area contributed by atoms with Crippen LogP contribution in [-0.2, 0) is 6.42 Å². The van der Waals surface area contributed by atoms with E-state index in [0.717, 1.165) is 17.9 Å². The van der Waals surface area contributed by atoms with E-state index in [1.54, 1.807) is 0 Å². The maximum atomic E-state index is 13.8. The highest BCUT2D eigenvalue weighted by Gasteiger charge is 2.25. The van der Waals surface area contributed by atoms with Crippen molar-refractivity contribution in [2.24, 2.45) is 17.8 Å². The van der Waals surface area contributed by atoms with Crippen LogP contribution in [-0.4, -0.2) is 7.11 Å². The van der Waals surface area contributed by atoms with Gasteiger partial charge in [-0.05, 0) is 54.7 Å². The molecule has 1 aromatic carbocycles. The Labute approximate surface area is 139 Å². The lowest BCUT2D eigenvalue weighted by Crippen LogP contribution is -2.21. The Balaban J connectivity index is 1.89. The molecule has 0 amide bonds. The smallest absolute Gasteiger partial charge is 0.190 e. The van der Waals surface area contributed by atoms with E-state index in [-0.39, 0.29) is 5.75 Å². The van der Waals surface area contributed by atoms with E-state index < -0.39 is 11.6 Å². The molecule has 1 aromatic rings. The molecule has 1 nitrogen and oxygen atoms in total. The van der Waals surface area contributed by atoms with Crippen LogP contribution in [0.3, 0.4) is 0 Å². The summed E-state index contributed by atoms with van der Waals surface area (Å²) in [5.41, 5.74) is 0.737. The lowest BCUT2D eigenvalue weighted by atomic mass is 9.73. The molecular weight excluding hydrogens is 294 g/mol. The Morgan fingerprint density at radius 1 is 1.13 bits per heavy atom. The first-order chi connectivity index (χ1) is 11.0. The minimum atomic E-state index is -0.599. The van der Waals surface area contributed by atoms with E-state index in [0.29, 0.717) is 11.8 Å². The molecule has 0 N–H and O–H groups in total. The van der Waals surface area contributed by atoms with Crippen LogP contribution < -0.4 is 4.74 Å². The first-order valence-corrected chi connectivity index (χ1v) is 9.07. The summed E-state index contributed by atoms with van der Waals surface area (Å²) in [6, 6.07) is 2.84. The highest BCUT2D eigenvalue weighted by molar-refractivity contribution is 5.31. The van der Waals surface area contributed by atoms with E-state index in [1.165, 1.54) is 64.2 Å². The largest absolute Gasteiger partial charge is 0.491 e. The molecule has 0 bridgehead atoms. The zero-order chi connectivity index (χ0) is 16.8. The molecule has 2 rings (SSSR count). The second-order valence-electron chi connectivity index (χ2n) is 7.20. The third-order valence-corrected chi connectivity index (χ3v) is 5.48. The van der Waals surface area contributed by atoms with Crippen LogP contribution in [0.1, 0.15) is 64.4 Å².